The lowest BCUT2D eigenvalue weighted by Crippen LogP contribution is -2.46. The van der Waals surface area contributed by atoms with Crippen LogP contribution in [0.4, 0.5) is 0 Å². The largest absolute Gasteiger partial charge is 0.494 e. The zero-order valence-corrected chi connectivity index (χ0v) is 30.7. The predicted molar refractivity (Wildman–Crippen MR) is 212 cm³/mol. The van der Waals surface area contributed by atoms with Crippen molar-refractivity contribution in [3.05, 3.63) is 149 Å². The highest BCUT2D eigenvalue weighted by Gasteiger charge is 2.54. The molecule has 0 saturated carbocycles. The number of H-pyrrole nitrogens is 1. The molecule has 9 rings (SSSR count). The average molecular weight is 717 g/mol. The van der Waals surface area contributed by atoms with Gasteiger partial charge in [-0.3, -0.25) is 0 Å². The maximum Gasteiger partial charge on any atom is 0.494 e. The van der Waals surface area contributed by atoms with Crippen LogP contribution < -0.4 is 5.46 Å². The van der Waals surface area contributed by atoms with Crippen LogP contribution in [-0.2, 0) is 21.1 Å². The van der Waals surface area contributed by atoms with Gasteiger partial charge in [-0.2, -0.15) is 0 Å². The maximum atomic E-state index is 6.95. The van der Waals surface area contributed by atoms with Gasteiger partial charge in [-0.15, -0.1) is 0 Å². The average Bonchev–Trinajstić information content (AvgIpc) is 3.69. The molecule has 1 atom stereocenters. The molecule has 0 bridgehead atoms. The van der Waals surface area contributed by atoms with Gasteiger partial charge in [0.1, 0.15) is 0 Å². The molecule has 1 aliphatic heterocycles. The fourth-order valence-electron chi connectivity index (χ4n) is 8.36. The molecule has 6 aromatic carbocycles. The lowest BCUT2D eigenvalue weighted by atomic mass is 9.77. The van der Waals surface area contributed by atoms with Gasteiger partial charge in [0.15, 0.2) is 0 Å². The molecule has 1 unspecified atom stereocenters. The molecule has 0 spiro atoms. The number of nitrogens with one attached hydrogen (secondary N) is 1. The summed E-state index contributed by atoms with van der Waals surface area (Å²) in [5.41, 5.74) is 13.6. The first kappa shape index (κ1) is 31.6. The first-order chi connectivity index (χ1) is 24.0. The molecule has 3 nitrogen and oxygen atoms in total. The predicted octanol–water partition coefficient (Wildman–Crippen LogP) is 11.2. The van der Waals surface area contributed by atoms with Crippen molar-refractivity contribution in [1.29, 1.82) is 0 Å². The van der Waals surface area contributed by atoms with Crippen LogP contribution >= 0.6 is 15.9 Å². The Morgan fingerprint density at radius 1 is 0.620 bits per heavy atom. The van der Waals surface area contributed by atoms with E-state index in [2.05, 4.69) is 183 Å². The van der Waals surface area contributed by atoms with Crippen LogP contribution in [0.3, 0.4) is 0 Å². The Morgan fingerprint density at radius 2 is 1.34 bits per heavy atom. The van der Waals surface area contributed by atoms with Gasteiger partial charge in [0, 0.05) is 32.6 Å². The molecule has 0 radical (unpaired) electrons. The number of hydrogen-bond donors (Lipinski definition) is 1. The zero-order valence-electron chi connectivity index (χ0n) is 29.1. The van der Waals surface area contributed by atoms with Gasteiger partial charge in [0.25, 0.3) is 0 Å². The van der Waals surface area contributed by atoms with E-state index in [-0.39, 0.29) is 5.41 Å². The van der Waals surface area contributed by atoms with E-state index in [1.54, 1.807) is 0 Å². The summed E-state index contributed by atoms with van der Waals surface area (Å²) in [6.07, 6.45) is 0.721. The Kier molecular flexibility index (Phi) is 7.13. The normalized spacial score (nSPS) is 18.9. The third-order valence-corrected chi connectivity index (χ3v) is 12.1. The molecular weight excluding hydrogens is 677 g/mol. The molecular formula is C45H39BBrNO2. The maximum absolute atomic E-state index is 6.95. The SMILES string of the molecule is CC1(C)c2ccccc2-c2c(-c3cccc(B4OC(C)(C)C(C)(Cc5cccc(-c6cc(Br)c7[nH]c8ccccc8c7c6)c5)O4)c3)cccc21. The molecule has 1 aromatic heterocycles. The minimum atomic E-state index is -0.551. The molecule has 1 fully saturated rings. The van der Waals surface area contributed by atoms with Gasteiger partial charge < -0.3 is 14.3 Å². The van der Waals surface area contributed by atoms with Crippen molar-refractivity contribution in [2.45, 2.75) is 57.7 Å². The number of halogens is 1. The summed E-state index contributed by atoms with van der Waals surface area (Å²) < 4.78 is 14.8. The van der Waals surface area contributed by atoms with E-state index in [1.807, 2.05) is 0 Å². The van der Waals surface area contributed by atoms with Crippen LogP contribution in [0, 0.1) is 0 Å². The van der Waals surface area contributed by atoms with Gasteiger partial charge in [0.05, 0.1) is 16.7 Å². The number of fused-ring (bicyclic) bond motifs is 6. The fourth-order valence-corrected chi connectivity index (χ4v) is 8.92. The van der Waals surface area contributed by atoms with Gasteiger partial charge >= 0.3 is 7.12 Å². The van der Waals surface area contributed by atoms with Crippen molar-refractivity contribution in [3.63, 3.8) is 0 Å². The molecule has 7 aromatic rings. The van der Waals surface area contributed by atoms with Crippen LogP contribution in [-0.4, -0.2) is 23.3 Å². The second kappa shape index (κ2) is 11.3. The van der Waals surface area contributed by atoms with Crippen molar-refractivity contribution in [2.75, 3.05) is 0 Å². The number of aromatic amines is 1. The summed E-state index contributed by atoms with van der Waals surface area (Å²) in [6, 6.07) is 46.2. The summed E-state index contributed by atoms with van der Waals surface area (Å²) in [7, 11) is -0.473. The number of aromatic nitrogens is 1. The van der Waals surface area contributed by atoms with Crippen LogP contribution in [0.2, 0.25) is 0 Å². The third-order valence-electron chi connectivity index (χ3n) is 11.5. The first-order valence-corrected chi connectivity index (χ1v) is 18.3. The summed E-state index contributed by atoms with van der Waals surface area (Å²) in [4.78, 5) is 3.57. The van der Waals surface area contributed by atoms with E-state index in [0.717, 1.165) is 27.4 Å². The van der Waals surface area contributed by atoms with E-state index in [0.29, 0.717) is 0 Å². The highest BCUT2D eigenvalue weighted by molar-refractivity contribution is 9.10. The number of benzene rings is 6. The highest BCUT2D eigenvalue weighted by atomic mass is 79.9. The summed E-state index contributed by atoms with van der Waals surface area (Å²) in [5, 5.41) is 2.45. The van der Waals surface area contributed by atoms with E-state index in [1.165, 1.54) is 60.8 Å². The number of para-hydroxylation sites is 1. The van der Waals surface area contributed by atoms with Gasteiger partial charge in [-0.05, 0) is 110 Å². The fraction of sp³-hybridized carbons (Fsp3) is 0.200. The van der Waals surface area contributed by atoms with E-state index >= 15 is 0 Å². The molecule has 0 amide bonds. The van der Waals surface area contributed by atoms with Crippen LogP contribution in [0.15, 0.2) is 132 Å². The molecule has 50 heavy (non-hydrogen) atoms. The minimum absolute atomic E-state index is 0.0416. The Bertz CT molecular complexity index is 2480. The molecule has 5 heteroatoms. The summed E-state index contributed by atoms with van der Waals surface area (Å²) in [5.74, 6) is 0. The standard InChI is InChI=1S/C45H39BBrNO2/c1-43(2)37-20-8-6-18-35(37)41-33(19-12-21-38(41)43)30-15-11-16-32(24-30)46-49-44(3,4)45(5,50-46)27-28-13-10-14-29(23-28)31-25-36-34-17-7-9-22-40(34)48-42(36)39(47)26-31/h6-26,48H,27H2,1-5H3. The first-order valence-electron chi connectivity index (χ1n) is 17.5. The Morgan fingerprint density at radius 3 is 2.22 bits per heavy atom. The van der Waals surface area contributed by atoms with Crippen LogP contribution in [0.25, 0.3) is 55.2 Å². The monoisotopic (exact) mass is 715 g/mol. The van der Waals surface area contributed by atoms with Crippen LogP contribution in [0.5, 0.6) is 0 Å². The molecule has 2 heterocycles. The lowest BCUT2D eigenvalue weighted by Gasteiger charge is -2.36. The summed E-state index contributed by atoms with van der Waals surface area (Å²) >= 11 is 3.84. The van der Waals surface area contributed by atoms with Crippen molar-refractivity contribution in [3.8, 4) is 33.4 Å². The van der Waals surface area contributed by atoms with E-state index in [9.17, 15) is 0 Å². The van der Waals surface area contributed by atoms with Crippen molar-refractivity contribution in [1.82, 2.24) is 4.98 Å². The van der Waals surface area contributed by atoms with Gasteiger partial charge in [0.2, 0.25) is 0 Å². The quantitative estimate of drug-likeness (QED) is 0.180. The summed E-state index contributed by atoms with van der Waals surface area (Å²) in [6.45, 7) is 11.2. The van der Waals surface area contributed by atoms with Crippen molar-refractivity contribution < 1.29 is 9.31 Å². The Balaban J connectivity index is 1.02. The zero-order chi connectivity index (χ0) is 34.4. The highest BCUT2D eigenvalue weighted by Crippen LogP contribution is 2.52. The minimum Gasteiger partial charge on any atom is -0.399 e. The van der Waals surface area contributed by atoms with Crippen LogP contribution in [0.1, 0.15) is 51.3 Å². The van der Waals surface area contributed by atoms with E-state index in [4.69, 9.17) is 9.31 Å². The van der Waals surface area contributed by atoms with Gasteiger partial charge in [-0.25, -0.2) is 0 Å². The van der Waals surface area contributed by atoms with Gasteiger partial charge in [-0.1, -0.05) is 123 Å². The second-order valence-corrected chi connectivity index (χ2v) is 16.1. The molecule has 1 saturated heterocycles. The molecule has 1 aliphatic carbocycles. The Labute approximate surface area is 302 Å². The topological polar surface area (TPSA) is 34.2 Å². The Hall–Kier alpha value is -4.42. The molecule has 246 valence electrons. The second-order valence-electron chi connectivity index (χ2n) is 15.3. The van der Waals surface area contributed by atoms with E-state index < -0.39 is 18.3 Å². The lowest BCUT2D eigenvalue weighted by molar-refractivity contribution is -0.00876. The van der Waals surface area contributed by atoms with Crippen molar-refractivity contribution >= 4 is 50.3 Å². The number of hydrogen-bond acceptors (Lipinski definition) is 2. The third kappa shape index (κ3) is 4.86. The number of rotatable bonds is 5. The smallest absolute Gasteiger partial charge is 0.399 e. The molecule has 2 aliphatic rings. The molecule has 1 N–H and O–H groups in total. The van der Waals surface area contributed by atoms with Crippen molar-refractivity contribution in [2.24, 2.45) is 0 Å².